The normalized spacial score (nSPS) is 17.1. The minimum Gasteiger partial charge on any atom is -0.457 e. The highest BCUT2D eigenvalue weighted by Gasteiger charge is 2.37. The Morgan fingerprint density at radius 1 is 0.973 bits per heavy atom. The molecule has 1 atom stereocenters. The number of ether oxygens (including phenoxy) is 2. The van der Waals surface area contributed by atoms with Crippen LogP contribution in [0.1, 0.15) is 33.6 Å². The van der Waals surface area contributed by atoms with Crippen LogP contribution < -0.4 is 9.46 Å². The fourth-order valence-corrected chi connectivity index (χ4v) is 5.24. The van der Waals surface area contributed by atoms with Crippen molar-refractivity contribution in [3.05, 3.63) is 88.0 Å². The van der Waals surface area contributed by atoms with Gasteiger partial charge >= 0.3 is 0 Å². The summed E-state index contributed by atoms with van der Waals surface area (Å²) in [5.41, 5.74) is 0.609. The number of rotatable bonds is 8. The van der Waals surface area contributed by atoms with Gasteiger partial charge in [-0.1, -0.05) is 0 Å². The van der Waals surface area contributed by atoms with E-state index in [1.807, 2.05) is 0 Å². The van der Waals surface area contributed by atoms with Gasteiger partial charge in [0.1, 0.15) is 11.5 Å². The quantitative estimate of drug-likeness (QED) is 0.265. The zero-order valence-corrected chi connectivity index (χ0v) is 20.1. The molecule has 5 rings (SSSR count). The summed E-state index contributed by atoms with van der Waals surface area (Å²) in [5, 5.41) is 10.8. The van der Waals surface area contributed by atoms with Gasteiger partial charge in [0.25, 0.3) is 27.5 Å². The molecular weight excluding hydrogens is 502 g/mol. The molecule has 2 amide bonds. The second-order valence-electron chi connectivity index (χ2n) is 8.55. The van der Waals surface area contributed by atoms with Gasteiger partial charge in [-0.05, 0) is 67.4 Å². The third-order valence-corrected chi connectivity index (χ3v) is 7.45. The molecule has 37 heavy (non-hydrogen) atoms. The Morgan fingerprint density at radius 3 is 2.30 bits per heavy atom. The predicted molar refractivity (Wildman–Crippen MR) is 131 cm³/mol. The standard InChI is InChI=1S/C25H21N3O8S/c29-24-22-12-9-19(14-23(22)25(30)27(24)15-20-2-1-13-35-20)36-18-7-3-16(4-8-18)26-37(33,34)21-10-5-17(6-11-21)28(31)32/h3-12,14,20,26H,1-2,13,15H2. The lowest BCUT2D eigenvalue weighted by Crippen LogP contribution is -2.36. The average molecular weight is 524 g/mol. The van der Waals surface area contributed by atoms with Gasteiger partial charge in [0.05, 0.1) is 33.6 Å². The molecule has 11 nitrogen and oxygen atoms in total. The molecule has 0 aliphatic carbocycles. The number of nitrogens with one attached hydrogen (secondary N) is 1. The van der Waals surface area contributed by atoms with E-state index in [1.165, 1.54) is 35.2 Å². The van der Waals surface area contributed by atoms with Gasteiger partial charge in [0.15, 0.2) is 0 Å². The van der Waals surface area contributed by atoms with Crippen LogP contribution in [0.4, 0.5) is 11.4 Å². The molecule has 190 valence electrons. The summed E-state index contributed by atoms with van der Waals surface area (Å²) in [4.78, 5) is 36.8. The maximum Gasteiger partial charge on any atom is 0.269 e. The summed E-state index contributed by atoms with van der Waals surface area (Å²) in [5.74, 6) is -0.0204. The van der Waals surface area contributed by atoms with Gasteiger partial charge in [-0.15, -0.1) is 0 Å². The van der Waals surface area contributed by atoms with Crippen LogP contribution in [-0.4, -0.2) is 49.3 Å². The van der Waals surface area contributed by atoms with Crippen LogP contribution in [0.25, 0.3) is 0 Å². The van der Waals surface area contributed by atoms with E-state index in [9.17, 15) is 28.1 Å². The van der Waals surface area contributed by atoms with Gasteiger partial charge in [-0.3, -0.25) is 29.3 Å². The lowest BCUT2D eigenvalue weighted by Gasteiger charge is -2.17. The van der Waals surface area contributed by atoms with Crippen molar-refractivity contribution in [3.63, 3.8) is 0 Å². The molecule has 2 aliphatic rings. The van der Waals surface area contributed by atoms with Gasteiger partial charge in [-0.2, -0.15) is 0 Å². The molecule has 2 aliphatic heterocycles. The molecule has 1 fully saturated rings. The minimum absolute atomic E-state index is 0.121. The summed E-state index contributed by atoms with van der Waals surface area (Å²) < 4.78 is 38.9. The number of amides is 2. The van der Waals surface area contributed by atoms with E-state index in [-0.39, 0.29) is 40.4 Å². The van der Waals surface area contributed by atoms with Crippen molar-refractivity contribution in [2.75, 3.05) is 17.9 Å². The summed E-state index contributed by atoms with van der Waals surface area (Å²) in [7, 11) is -3.96. The number of non-ortho nitro benzene ring substituents is 1. The molecule has 3 aromatic carbocycles. The molecule has 2 heterocycles. The number of nitro benzene ring substituents is 1. The fourth-order valence-electron chi connectivity index (χ4n) is 4.18. The topological polar surface area (TPSA) is 145 Å². The van der Waals surface area contributed by atoms with E-state index < -0.39 is 20.9 Å². The van der Waals surface area contributed by atoms with Gasteiger partial charge < -0.3 is 9.47 Å². The van der Waals surface area contributed by atoms with Crippen LogP contribution in [0.5, 0.6) is 11.5 Å². The number of hydrogen-bond donors (Lipinski definition) is 1. The third kappa shape index (κ3) is 5.01. The number of sulfonamides is 1. The molecule has 1 N–H and O–H groups in total. The molecule has 0 spiro atoms. The van der Waals surface area contributed by atoms with Gasteiger partial charge in [-0.25, -0.2) is 8.42 Å². The van der Waals surface area contributed by atoms with Gasteiger partial charge in [0, 0.05) is 24.4 Å². The smallest absolute Gasteiger partial charge is 0.269 e. The second-order valence-corrected chi connectivity index (χ2v) is 10.2. The number of hydrogen-bond acceptors (Lipinski definition) is 8. The number of nitro groups is 1. The summed E-state index contributed by atoms with van der Waals surface area (Å²) in [6.45, 7) is 0.850. The molecule has 1 saturated heterocycles. The van der Waals surface area contributed by atoms with E-state index >= 15 is 0 Å². The van der Waals surface area contributed by atoms with Gasteiger partial charge in [0.2, 0.25) is 0 Å². The summed E-state index contributed by atoms with van der Waals surface area (Å²) in [6, 6.07) is 15.2. The van der Waals surface area contributed by atoms with Crippen LogP contribution in [-0.2, 0) is 14.8 Å². The van der Waals surface area contributed by atoms with Crippen molar-refractivity contribution in [2.45, 2.75) is 23.8 Å². The van der Waals surface area contributed by atoms with E-state index in [0.29, 0.717) is 23.7 Å². The minimum atomic E-state index is -3.96. The third-order valence-electron chi connectivity index (χ3n) is 6.05. The van der Waals surface area contributed by atoms with E-state index in [0.717, 1.165) is 37.1 Å². The summed E-state index contributed by atoms with van der Waals surface area (Å²) in [6.07, 6.45) is 1.57. The van der Waals surface area contributed by atoms with Crippen molar-refractivity contribution in [1.82, 2.24) is 4.90 Å². The Morgan fingerprint density at radius 2 is 1.65 bits per heavy atom. The molecule has 0 aromatic heterocycles. The maximum absolute atomic E-state index is 12.8. The highest BCUT2D eigenvalue weighted by Crippen LogP contribution is 2.31. The lowest BCUT2D eigenvalue weighted by atomic mass is 10.1. The highest BCUT2D eigenvalue weighted by atomic mass is 32.2. The first-order valence-electron chi connectivity index (χ1n) is 11.4. The number of carbonyl (C=O) groups is 2. The number of benzene rings is 3. The molecule has 12 heteroatoms. The fraction of sp³-hybridized carbons (Fsp3) is 0.200. The Labute approximate surface area is 211 Å². The number of anilines is 1. The first-order valence-corrected chi connectivity index (χ1v) is 12.9. The molecule has 1 unspecified atom stereocenters. The van der Waals surface area contributed by atoms with E-state index in [2.05, 4.69) is 4.72 Å². The number of imide groups is 1. The monoisotopic (exact) mass is 523 g/mol. The van der Waals surface area contributed by atoms with Crippen molar-refractivity contribution in [1.29, 1.82) is 0 Å². The van der Waals surface area contributed by atoms with Crippen LogP contribution in [0.15, 0.2) is 71.6 Å². The number of fused-ring (bicyclic) bond motifs is 1. The van der Waals surface area contributed by atoms with Crippen molar-refractivity contribution in [3.8, 4) is 11.5 Å². The van der Waals surface area contributed by atoms with Crippen molar-refractivity contribution >= 4 is 33.2 Å². The molecular formula is C25H21N3O8S. The van der Waals surface area contributed by atoms with Crippen molar-refractivity contribution in [2.24, 2.45) is 0 Å². The first-order chi connectivity index (χ1) is 17.7. The Kier molecular flexibility index (Phi) is 6.36. The second kappa shape index (κ2) is 9.64. The number of carbonyl (C=O) groups excluding carboxylic acids is 2. The maximum atomic E-state index is 12.8. The number of nitrogens with zero attached hydrogens (tertiary/aromatic N) is 2. The molecule has 0 bridgehead atoms. The Balaban J connectivity index is 1.26. The largest absolute Gasteiger partial charge is 0.457 e. The SMILES string of the molecule is O=C1c2ccc(Oc3ccc(NS(=O)(=O)c4ccc([N+](=O)[O-])cc4)cc3)cc2C(=O)N1CC1CCCO1. The lowest BCUT2D eigenvalue weighted by molar-refractivity contribution is -0.384. The Hall–Kier alpha value is -4.29. The summed E-state index contributed by atoms with van der Waals surface area (Å²) >= 11 is 0. The zero-order chi connectivity index (χ0) is 26.2. The molecule has 3 aromatic rings. The van der Waals surface area contributed by atoms with Crippen LogP contribution in [0.3, 0.4) is 0 Å². The van der Waals surface area contributed by atoms with Crippen molar-refractivity contribution < 1.29 is 32.4 Å². The van der Waals surface area contributed by atoms with Crippen LogP contribution >= 0.6 is 0 Å². The first kappa shape index (κ1) is 24.4. The predicted octanol–water partition coefficient (Wildman–Crippen LogP) is 3.96. The zero-order valence-electron chi connectivity index (χ0n) is 19.3. The highest BCUT2D eigenvalue weighted by molar-refractivity contribution is 7.92. The van der Waals surface area contributed by atoms with Crippen LogP contribution in [0, 0.1) is 10.1 Å². The Bertz CT molecular complexity index is 1480. The van der Waals surface area contributed by atoms with Crippen LogP contribution in [0.2, 0.25) is 0 Å². The van der Waals surface area contributed by atoms with E-state index in [4.69, 9.17) is 9.47 Å². The average Bonchev–Trinajstić information content (AvgIpc) is 3.48. The van der Waals surface area contributed by atoms with E-state index in [1.54, 1.807) is 12.1 Å². The molecule has 0 radical (unpaired) electrons. The molecule has 0 saturated carbocycles.